The molecule has 1 aliphatic rings. The predicted molar refractivity (Wildman–Crippen MR) is 68.0 cm³/mol. The lowest BCUT2D eigenvalue weighted by molar-refractivity contribution is -0.124. The fourth-order valence-electron chi connectivity index (χ4n) is 2.26. The van der Waals surface area contributed by atoms with Gasteiger partial charge in [0, 0.05) is 18.5 Å². The Hall–Kier alpha value is -2.01. The number of amides is 1. The summed E-state index contributed by atoms with van der Waals surface area (Å²) in [5, 5.41) is 6.98. The molecule has 1 amide bonds. The zero-order chi connectivity index (χ0) is 12.5. The van der Waals surface area contributed by atoms with Crippen molar-refractivity contribution < 1.29 is 4.79 Å². The molecule has 1 atom stereocenters. The minimum Gasteiger partial charge on any atom is -0.353 e. The van der Waals surface area contributed by atoms with Gasteiger partial charge in [-0.3, -0.25) is 10.1 Å². The lowest BCUT2D eigenvalue weighted by Gasteiger charge is -2.24. The van der Waals surface area contributed by atoms with Crippen LogP contribution >= 0.6 is 0 Å². The van der Waals surface area contributed by atoms with E-state index in [-0.39, 0.29) is 11.9 Å². The van der Waals surface area contributed by atoms with Gasteiger partial charge in [0.05, 0.1) is 11.2 Å². The molecule has 0 aliphatic carbocycles. The molecule has 1 fully saturated rings. The lowest BCUT2D eigenvalue weighted by Crippen LogP contribution is -2.47. The van der Waals surface area contributed by atoms with E-state index in [0.29, 0.717) is 12.4 Å². The molecule has 0 saturated carbocycles. The van der Waals surface area contributed by atoms with Gasteiger partial charge in [-0.2, -0.15) is 0 Å². The number of fused-ring (bicyclic) bond motifs is 1. The Balaban J connectivity index is 2.18. The number of carbonyl (C=O) groups is 1. The molecule has 5 nitrogen and oxygen atoms in total. The van der Waals surface area contributed by atoms with Crippen molar-refractivity contribution in [2.75, 3.05) is 13.1 Å². The summed E-state index contributed by atoms with van der Waals surface area (Å²) in [5.41, 5.74) is 1.63. The minimum atomic E-state index is -0.384. The Bertz CT molecular complexity index is 611. The fourth-order valence-corrected chi connectivity index (χ4v) is 2.26. The molecule has 3 rings (SSSR count). The molecule has 2 N–H and O–H groups in total. The number of benzene rings is 1. The van der Waals surface area contributed by atoms with E-state index in [1.54, 1.807) is 0 Å². The summed E-state index contributed by atoms with van der Waals surface area (Å²) >= 11 is 0. The quantitative estimate of drug-likeness (QED) is 0.772. The van der Waals surface area contributed by atoms with Crippen LogP contribution in [0.15, 0.2) is 24.3 Å². The van der Waals surface area contributed by atoms with Crippen LogP contribution in [-0.4, -0.2) is 29.0 Å². The van der Waals surface area contributed by atoms with E-state index in [9.17, 15) is 4.79 Å². The zero-order valence-corrected chi connectivity index (χ0v) is 10.1. The van der Waals surface area contributed by atoms with Crippen molar-refractivity contribution in [3.8, 4) is 0 Å². The molecular formula is C13H14N4O. The van der Waals surface area contributed by atoms with Crippen molar-refractivity contribution >= 4 is 16.8 Å². The van der Waals surface area contributed by atoms with Gasteiger partial charge >= 0.3 is 0 Å². The van der Waals surface area contributed by atoms with Gasteiger partial charge in [0.1, 0.15) is 11.9 Å². The molecule has 1 aromatic heterocycles. The van der Waals surface area contributed by atoms with Crippen LogP contribution in [0, 0.1) is 6.92 Å². The smallest absolute Gasteiger partial charge is 0.243 e. The second-order valence-electron chi connectivity index (χ2n) is 4.35. The molecule has 2 aromatic rings. The summed E-state index contributed by atoms with van der Waals surface area (Å²) in [6.45, 7) is 3.27. The SMILES string of the molecule is Cc1nc(C2NCCNC2=O)c2ccccc2n1. The summed E-state index contributed by atoms with van der Waals surface area (Å²) in [6, 6.07) is 7.38. The van der Waals surface area contributed by atoms with Gasteiger partial charge < -0.3 is 5.32 Å². The molecule has 2 heterocycles. The number of aromatic nitrogens is 2. The highest BCUT2D eigenvalue weighted by atomic mass is 16.2. The van der Waals surface area contributed by atoms with Crippen molar-refractivity contribution in [1.82, 2.24) is 20.6 Å². The van der Waals surface area contributed by atoms with Crippen molar-refractivity contribution in [3.63, 3.8) is 0 Å². The maximum Gasteiger partial charge on any atom is 0.243 e. The molecule has 0 radical (unpaired) electrons. The Morgan fingerprint density at radius 1 is 1.22 bits per heavy atom. The molecule has 18 heavy (non-hydrogen) atoms. The van der Waals surface area contributed by atoms with E-state index in [1.165, 1.54) is 0 Å². The van der Waals surface area contributed by atoms with Gasteiger partial charge in [-0.05, 0) is 13.0 Å². The van der Waals surface area contributed by atoms with E-state index in [1.807, 2.05) is 31.2 Å². The standard InChI is InChI=1S/C13H14N4O/c1-8-16-10-5-3-2-4-9(10)11(17-8)12-13(18)15-7-6-14-12/h2-5,12,14H,6-7H2,1H3,(H,15,18). The largest absolute Gasteiger partial charge is 0.353 e. The van der Waals surface area contributed by atoms with Crippen LogP contribution in [0.3, 0.4) is 0 Å². The van der Waals surface area contributed by atoms with Crippen LogP contribution in [-0.2, 0) is 4.79 Å². The van der Waals surface area contributed by atoms with Crippen LogP contribution in [0.25, 0.3) is 10.9 Å². The summed E-state index contributed by atoms with van der Waals surface area (Å²) in [6.07, 6.45) is 0. The van der Waals surface area contributed by atoms with Gasteiger partial charge in [-0.1, -0.05) is 18.2 Å². The van der Waals surface area contributed by atoms with Crippen molar-refractivity contribution in [2.45, 2.75) is 13.0 Å². The average molecular weight is 242 g/mol. The van der Waals surface area contributed by atoms with Crippen molar-refractivity contribution in [1.29, 1.82) is 0 Å². The number of nitrogens with one attached hydrogen (secondary N) is 2. The van der Waals surface area contributed by atoms with Crippen LogP contribution < -0.4 is 10.6 Å². The first kappa shape index (κ1) is 11.1. The van der Waals surface area contributed by atoms with Crippen LogP contribution in [0.4, 0.5) is 0 Å². The average Bonchev–Trinajstić information content (AvgIpc) is 2.38. The monoisotopic (exact) mass is 242 g/mol. The molecule has 1 aliphatic heterocycles. The molecule has 1 saturated heterocycles. The van der Waals surface area contributed by atoms with Gasteiger partial charge in [0.2, 0.25) is 5.91 Å². The van der Waals surface area contributed by atoms with Crippen molar-refractivity contribution in [3.05, 3.63) is 35.8 Å². The first-order chi connectivity index (χ1) is 8.75. The number of piperazine rings is 1. The predicted octanol–water partition coefficient (Wildman–Crippen LogP) is 0.699. The summed E-state index contributed by atoms with van der Waals surface area (Å²) in [4.78, 5) is 20.7. The van der Waals surface area contributed by atoms with E-state index in [4.69, 9.17) is 0 Å². The number of nitrogens with zero attached hydrogens (tertiary/aromatic N) is 2. The van der Waals surface area contributed by atoms with Gasteiger partial charge in [-0.15, -0.1) is 0 Å². The Morgan fingerprint density at radius 2 is 2.06 bits per heavy atom. The maximum absolute atomic E-state index is 11.9. The van der Waals surface area contributed by atoms with Crippen molar-refractivity contribution in [2.24, 2.45) is 0 Å². The molecule has 5 heteroatoms. The summed E-state index contributed by atoms with van der Waals surface area (Å²) < 4.78 is 0. The third-order valence-corrected chi connectivity index (χ3v) is 3.05. The van der Waals surface area contributed by atoms with E-state index in [2.05, 4.69) is 20.6 Å². The molecule has 1 aromatic carbocycles. The van der Waals surface area contributed by atoms with E-state index < -0.39 is 0 Å². The normalized spacial score (nSPS) is 19.8. The number of rotatable bonds is 1. The van der Waals surface area contributed by atoms with Crippen LogP contribution in [0.2, 0.25) is 0 Å². The molecule has 0 spiro atoms. The maximum atomic E-state index is 11.9. The molecule has 0 bridgehead atoms. The number of aryl methyl sites for hydroxylation is 1. The van der Waals surface area contributed by atoms with Crippen LogP contribution in [0.1, 0.15) is 17.6 Å². The van der Waals surface area contributed by atoms with Gasteiger partial charge in [0.25, 0.3) is 0 Å². The highest BCUT2D eigenvalue weighted by Gasteiger charge is 2.26. The Morgan fingerprint density at radius 3 is 2.89 bits per heavy atom. The van der Waals surface area contributed by atoms with Crippen LogP contribution in [0.5, 0.6) is 0 Å². The number of carbonyl (C=O) groups excluding carboxylic acids is 1. The van der Waals surface area contributed by atoms with E-state index >= 15 is 0 Å². The number of hydrogen-bond donors (Lipinski definition) is 2. The molecule has 92 valence electrons. The first-order valence-electron chi connectivity index (χ1n) is 6.00. The Labute approximate surface area is 105 Å². The highest BCUT2D eigenvalue weighted by Crippen LogP contribution is 2.22. The number of hydrogen-bond acceptors (Lipinski definition) is 4. The van der Waals surface area contributed by atoms with E-state index in [0.717, 1.165) is 23.1 Å². The number of para-hydroxylation sites is 1. The van der Waals surface area contributed by atoms with Gasteiger partial charge in [-0.25, -0.2) is 9.97 Å². The van der Waals surface area contributed by atoms with Gasteiger partial charge in [0.15, 0.2) is 0 Å². The fraction of sp³-hybridized carbons (Fsp3) is 0.308. The lowest BCUT2D eigenvalue weighted by atomic mass is 10.1. The second-order valence-corrected chi connectivity index (χ2v) is 4.35. The topological polar surface area (TPSA) is 66.9 Å². The Kier molecular flexibility index (Phi) is 2.68. The molecular weight excluding hydrogens is 228 g/mol. The third kappa shape index (κ3) is 1.82. The highest BCUT2D eigenvalue weighted by molar-refractivity contribution is 5.90. The summed E-state index contributed by atoms with van der Waals surface area (Å²) in [7, 11) is 0. The second kappa shape index (κ2) is 4.34. The first-order valence-corrected chi connectivity index (χ1v) is 6.00. The summed E-state index contributed by atoms with van der Waals surface area (Å²) in [5.74, 6) is 0.661. The zero-order valence-electron chi connectivity index (χ0n) is 10.1. The minimum absolute atomic E-state index is 0.0236. The third-order valence-electron chi connectivity index (χ3n) is 3.05. The molecule has 1 unspecified atom stereocenters.